The fraction of sp³-hybridized carbons (Fsp3) is 0.111. The third-order valence-electron chi connectivity index (χ3n) is 3.54. The highest BCUT2D eigenvalue weighted by molar-refractivity contribution is 6.32. The van der Waals surface area contributed by atoms with E-state index < -0.39 is 0 Å². The molecule has 0 atom stereocenters. The number of anilines is 1. The normalized spacial score (nSPS) is 11.4. The number of nitrogens with zero attached hydrogens (tertiary/aromatic N) is 2. The highest BCUT2D eigenvalue weighted by Crippen LogP contribution is 2.27. The van der Waals surface area contributed by atoms with E-state index in [2.05, 4.69) is 20.3 Å². The van der Waals surface area contributed by atoms with E-state index in [1.165, 1.54) is 0 Å². The number of benzene rings is 2. The Morgan fingerprint density at radius 2 is 2.08 bits per heavy atom. The lowest BCUT2D eigenvalue weighted by atomic mass is 10.2. The Kier molecular flexibility index (Phi) is 5.20. The summed E-state index contributed by atoms with van der Waals surface area (Å²) in [5.41, 5.74) is 8.66. The summed E-state index contributed by atoms with van der Waals surface area (Å²) < 4.78 is 5.12. The van der Waals surface area contributed by atoms with Gasteiger partial charge >= 0.3 is 0 Å². The Balaban J connectivity index is 1.64. The Bertz CT molecular complexity index is 876. The third kappa shape index (κ3) is 4.30. The summed E-state index contributed by atoms with van der Waals surface area (Å²) in [6.45, 7) is 0.343. The number of aromatic amines is 1. The fourth-order valence-corrected chi connectivity index (χ4v) is 2.56. The van der Waals surface area contributed by atoms with E-state index >= 15 is 0 Å². The number of aliphatic imine (C=N–C) groups is 1. The number of imidazole rings is 1. The number of rotatable bonds is 5. The number of halogens is 1. The molecule has 2 aromatic carbocycles. The van der Waals surface area contributed by atoms with Gasteiger partial charge in [0.05, 0.1) is 24.0 Å². The van der Waals surface area contributed by atoms with Gasteiger partial charge in [-0.1, -0.05) is 41.9 Å². The molecular weight excluding hydrogens is 338 g/mol. The molecule has 0 unspecified atom stereocenters. The molecule has 0 radical (unpaired) electrons. The summed E-state index contributed by atoms with van der Waals surface area (Å²) in [7, 11) is 1.57. The highest BCUT2D eigenvalue weighted by Gasteiger charge is 2.04. The highest BCUT2D eigenvalue weighted by atomic mass is 35.5. The molecule has 3 rings (SSSR count). The van der Waals surface area contributed by atoms with Crippen LogP contribution in [0.5, 0.6) is 5.75 Å². The van der Waals surface area contributed by atoms with E-state index in [4.69, 9.17) is 22.1 Å². The minimum Gasteiger partial charge on any atom is -0.495 e. The van der Waals surface area contributed by atoms with Crippen LogP contribution in [0.25, 0.3) is 11.3 Å². The quantitative estimate of drug-likeness (QED) is 0.481. The molecule has 1 heterocycles. The summed E-state index contributed by atoms with van der Waals surface area (Å²) >= 11 is 6.09. The zero-order valence-corrected chi connectivity index (χ0v) is 14.4. The van der Waals surface area contributed by atoms with Gasteiger partial charge in [-0.2, -0.15) is 0 Å². The number of hydrogen-bond acceptors (Lipinski definition) is 3. The van der Waals surface area contributed by atoms with E-state index in [1.807, 2.05) is 36.4 Å². The Morgan fingerprint density at radius 3 is 2.80 bits per heavy atom. The van der Waals surface area contributed by atoms with Crippen molar-refractivity contribution in [3.8, 4) is 17.0 Å². The second kappa shape index (κ2) is 7.72. The minimum atomic E-state index is 0.277. The van der Waals surface area contributed by atoms with E-state index in [0.29, 0.717) is 17.3 Å². The van der Waals surface area contributed by atoms with Crippen LogP contribution in [0.3, 0.4) is 0 Å². The van der Waals surface area contributed by atoms with Crippen LogP contribution < -0.4 is 15.8 Å². The maximum absolute atomic E-state index is 6.09. The SMILES string of the molecule is COc1ccc(NC(N)=NCc2ncc(-c3ccccc3)[nH]2)cc1Cl. The van der Waals surface area contributed by atoms with Gasteiger partial charge in [-0.05, 0) is 23.8 Å². The lowest BCUT2D eigenvalue weighted by Crippen LogP contribution is -2.22. The molecule has 0 amide bonds. The van der Waals surface area contributed by atoms with Gasteiger partial charge in [0.15, 0.2) is 5.96 Å². The second-order valence-electron chi connectivity index (χ2n) is 5.29. The van der Waals surface area contributed by atoms with E-state index in [0.717, 1.165) is 22.8 Å². The van der Waals surface area contributed by atoms with Gasteiger partial charge in [0.25, 0.3) is 0 Å². The van der Waals surface area contributed by atoms with Gasteiger partial charge in [-0.3, -0.25) is 0 Å². The molecule has 0 bridgehead atoms. The van der Waals surface area contributed by atoms with Gasteiger partial charge in [-0.15, -0.1) is 0 Å². The standard InChI is InChI=1S/C18H18ClN5O/c1-25-16-8-7-13(9-14(16)19)23-18(20)22-11-17-21-10-15(24-17)12-5-3-2-4-6-12/h2-10H,11H2,1H3,(H,21,24)(H3,20,22,23). The molecule has 0 aliphatic heterocycles. The fourth-order valence-electron chi connectivity index (χ4n) is 2.30. The van der Waals surface area contributed by atoms with E-state index in [1.54, 1.807) is 25.4 Å². The van der Waals surface area contributed by atoms with Crippen LogP contribution in [0.1, 0.15) is 5.82 Å². The third-order valence-corrected chi connectivity index (χ3v) is 3.83. The van der Waals surface area contributed by atoms with Crippen LogP contribution in [-0.4, -0.2) is 23.0 Å². The van der Waals surface area contributed by atoms with Crippen LogP contribution in [-0.2, 0) is 6.54 Å². The zero-order valence-electron chi connectivity index (χ0n) is 13.7. The van der Waals surface area contributed by atoms with Crippen molar-refractivity contribution in [1.29, 1.82) is 0 Å². The Hall–Kier alpha value is -2.99. The molecule has 0 fully saturated rings. The summed E-state index contributed by atoms with van der Waals surface area (Å²) in [4.78, 5) is 11.8. The van der Waals surface area contributed by atoms with Crippen LogP contribution in [0.2, 0.25) is 5.02 Å². The maximum atomic E-state index is 6.09. The largest absolute Gasteiger partial charge is 0.495 e. The van der Waals surface area contributed by atoms with Gasteiger partial charge in [0, 0.05) is 5.69 Å². The molecule has 6 nitrogen and oxygen atoms in total. The molecular formula is C18H18ClN5O. The van der Waals surface area contributed by atoms with Crippen LogP contribution in [0.4, 0.5) is 5.69 Å². The van der Waals surface area contributed by atoms with Crippen molar-refractivity contribution in [2.45, 2.75) is 6.54 Å². The van der Waals surface area contributed by atoms with Gasteiger partial charge in [0.1, 0.15) is 18.1 Å². The number of ether oxygens (including phenoxy) is 1. The van der Waals surface area contributed by atoms with Crippen LogP contribution in [0.15, 0.2) is 59.7 Å². The minimum absolute atomic E-state index is 0.277. The van der Waals surface area contributed by atoms with Crippen LogP contribution in [0, 0.1) is 0 Å². The number of guanidine groups is 1. The van der Waals surface area contributed by atoms with Crippen molar-refractivity contribution in [2.75, 3.05) is 12.4 Å². The average molecular weight is 356 g/mol. The molecule has 128 valence electrons. The first-order valence-corrected chi connectivity index (χ1v) is 8.03. The van der Waals surface area contributed by atoms with Crippen molar-refractivity contribution in [3.63, 3.8) is 0 Å². The number of nitrogens with one attached hydrogen (secondary N) is 2. The summed E-state index contributed by atoms with van der Waals surface area (Å²) in [5.74, 6) is 1.61. The zero-order chi connectivity index (χ0) is 17.6. The second-order valence-corrected chi connectivity index (χ2v) is 5.69. The molecule has 25 heavy (non-hydrogen) atoms. The van der Waals surface area contributed by atoms with E-state index in [-0.39, 0.29) is 5.96 Å². The molecule has 0 saturated heterocycles. The molecule has 0 spiro atoms. The van der Waals surface area contributed by atoms with Crippen LogP contribution >= 0.6 is 11.6 Å². The number of hydrogen-bond donors (Lipinski definition) is 3. The summed E-state index contributed by atoms with van der Waals surface area (Å²) in [5, 5.41) is 3.49. The first-order valence-electron chi connectivity index (χ1n) is 7.65. The predicted octanol–water partition coefficient (Wildman–Crippen LogP) is 3.67. The summed E-state index contributed by atoms with van der Waals surface area (Å²) in [6, 6.07) is 15.3. The number of H-pyrrole nitrogens is 1. The van der Waals surface area contributed by atoms with Crippen molar-refractivity contribution < 1.29 is 4.74 Å². The Labute approximate surface area is 150 Å². The van der Waals surface area contributed by atoms with Crippen molar-refractivity contribution in [3.05, 3.63) is 65.6 Å². The maximum Gasteiger partial charge on any atom is 0.193 e. The summed E-state index contributed by atoms with van der Waals surface area (Å²) in [6.07, 6.45) is 1.78. The smallest absolute Gasteiger partial charge is 0.193 e. The molecule has 0 saturated carbocycles. The first-order chi connectivity index (χ1) is 12.2. The topological polar surface area (TPSA) is 88.3 Å². The molecule has 4 N–H and O–H groups in total. The monoisotopic (exact) mass is 355 g/mol. The molecule has 0 aliphatic rings. The number of nitrogens with two attached hydrogens (primary N) is 1. The van der Waals surface area contributed by atoms with Crippen molar-refractivity contribution >= 4 is 23.2 Å². The van der Waals surface area contributed by atoms with Gasteiger partial charge in [-0.25, -0.2) is 9.98 Å². The lowest BCUT2D eigenvalue weighted by molar-refractivity contribution is 0.415. The molecule has 3 aromatic rings. The van der Waals surface area contributed by atoms with Crippen molar-refractivity contribution in [2.24, 2.45) is 10.7 Å². The number of methoxy groups -OCH3 is 1. The number of aromatic nitrogens is 2. The predicted molar refractivity (Wildman–Crippen MR) is 101 cm³/mol. The van der Waals surface area contributed by atoms with Crippen molar-refractivity contribution in [1.82, 2.24) is 9.97 Å². The molecule has 1 aromatic heterocycles. The average Bonchev–Trinajstić information content (AvgIpc) is 3.10. The van der Waals surface area contributed by atoms with Gasteiger partial charge in [0.2, 0.25) is 0 Å². The lowest BCUT2D eigenvalue weighted by Gasteiger charge is -2.08. The van der Waals surface area contributed by atoms with Gasteiger partial charge < -0.3 is 20.8 Å². The Morgan fingerprint density at radius 1 is 1.28 bits per heavy atom. The molecule has 7 heteroatoms. The molecule has 0 aliphatic carbocycles. The van der Waals surface area contributed by atoms with E-state index in [9.17, 15) is 0 Å². The first kappa shape index (κ1) is 16.9.